The number of nitrogens with zero attached hydrogens (tertiary/aromatic N) is 1. The first-order valence-corrected chi connectivity index (χ1v) is 10.2. The van der Waals surface area contributed by atoms with E-state index in [0.717, 1.165) is 23.4 Å². The number of carbonyl (C=O) groups is 1. The van der Waals surface area contributed by atoms with Crippen molar-refractivity contribution in [2.75, 3.05) is 30.3 Å². The van der Waals surface area contributed by atoms with Crippen LogP contribution in [0.5, 0.6) is 0 Å². The standard InChI is InChI=1S/C14H17Cl3N2O4S/c1-24(21,22)19(13-6-11(16)10(15)5-12(13)17)8-14(20)18-7-9-3-2-4-23-9/h5-6,9H,2-4,7-8H2,1H3,(H,18,20)/t9-/m1/s1. The Balaban J connectivity index is 2.14. The second-order valence-electron chi connectivity index (χ2n) is 5.43. The number of rotatable bonds is 6. The molecule has 1 atom stereocenters. The van der Waals surface area contributed by atoms with E-state index in [1.807, 2.05) is 0 Å². The van der Waals surface area contributed by atoms with Gasteiger partial charge in [0.25, 0.3) is 0 Å². The molecule has 1 N–H and O–H groups in total. The lowest BCUT2D eigenvalue weighted by Gasteiger charge is -2.23. The minimum absolute atomic E-state index is 0.0332. The summed E-state index contributed by atoms with van der Waals surface area (Å²) in [6, 6.07) is 2.66. The fraction of sp³-hybridized carbons (Fsp3) is 0.500. The molecule has 1 heterocycles. The molecule has 1 aromatic carbocycles. The molecule has 2 rings (SSSR count). The molecule has 1 amide bonds. The van der Waals surface area contributed by atoms with Crippen molar-refractivity contribution >= 4 is 56.4 Å². The molecule has 0 aromatic heterocycles. The predicted molar refractivity (Wildman–Crippen MR) is 95.6 cm³/mol. The maximum Gasteiger partial charge on any atom is 0.240 e. The molecule has 0 aliphatic carbocycles. The van der Waals surface area contributed by atoms with Gasteiger partial charge in [0, 0.05) is 13.2 Å². The first-order valence-electron chi connectivity index (χ1n) is 7.19. The number of hydrogen-bond donors (Lipinski definition) is 1. The smallest absolute Gasteiger partial charge is 0.240 e. The fourth-order valence-corrected chi connectivity index (χ4v) is 3.86. The number of nitrogens with one attached hydrogen (secondary N) is 1. The van der Waals surface area contributed by atoms with Gasteiger partial charge >= 0.3 is 0 Å². The Labute approximate surface area is 156 Å². The molecule has 0 bridgehead atoms. The van der Waals surface area contributed by atoms with Gasteiger partial charge < -0.3 is 10.1 Å². The first-order chi connectivity index (χ1) is 11.2. The van der Waals surface area contributed by atoms with E-state index in [9.17, 15) is 13.2 Å². The Hall–Kier alpha value is -0.730. The van der Waals surface area contributed by atoms with Crippen LogP contribution in [-0.2, 0) is 19.6 Å². The monoisotopic (exact) mass is 414 g/mol. The average molecular weight is 416 g/mol. The highest BCUT2D eigenvalue weighted by Crippen LogP contribution is 2.35. The van der Waals surface area contributed by atoms with Crippen LogP contribution in [0.3, 0.4) is 0 Å². The van der Waals surface area contributed by atoms with Gasteiger partial charge in [-0.25, -0.2) is 8.42 Å². The van der Waals surface area contributed by atoms with Crippen molar-refractivity contribution < 1.29 is 17.9 Å². The van der Waals surface area contributed by atoms with Crippen LogP contribution in [0.15, 0.2) is 12.1 Å². The maximum atomic E-state index is 12.1. The summed E-state index contributed by atoms with van der Waals surface area (Å²) < 4.78 is 30.4. The van der Waals surface area contributed by atoms with Gasteiger partial charge in [-0.2, -0.15) is 0 Å². The minimum Gasteiger partial charge on any atom is -0.376 e. The lowest BCUT2D eigenvalue weighted by Crippen LogP contribution is -2.42. The highest BCUT2D eigenvalue weighted by atomic mass is 35.5. The Bertz CT molecular complexity index is 721. The molecule has 1 aromatic rings. The first kappa shape index (κ1) is 19.6. The van der Waals surface area contributed by atoms with Crippen molar-refractivity contribution in [3.05, 3.63) is 27.2 Å². The van der Waals surface area contributed by atoms with Crippen molar-refractivity contribution in [3.8, 4) is 0 Å². The van der Waals surface area contributed by atoms with Gasteiger partial charge in [0.05, 0.1) is 33.1 Å². The van der Waals surface area contributed by atoms with Gasteiger partial charge in [-0.1, -0.05) is 34.8 Å². The second-order valence-corrected chi connectivity index (χ2v) is 8.55. The van der Waals surface area contributed by atoms with Crippen LogP contribution in [0.4, 0.5) is 5.69 Å². The van der Waals surface area contributed by atoms with Gasteiger partial charge in [-0.3, -0.25) is 9.10 Å². The number of amides is 1. The van der Waals surface area contributed by atoms with E-state index >= 15 is 0 Å². The molecule has 0 saturated carbocycles. The zero-order valence-corrected chi connectivity index (χ0v) is 16.0. The SMILES string of the molecule is CS(=O)(=O)N(CC(=O)NC[C@H]1CCCO1)c1cc(Cl)c(Cl)cc1Cl. The number of anilines is 1. The van der Waals surface area contributed by atoms with Crippen LogP contribution in [0.1, 0.15) is 12.8 Å². The average Bonchev–Trinajstić information content (AvgIpc) is 2.99. The van der Waals surface area contributed by atoms with Crippen molar-refractivity contribution in [1.29, 1.82) is 0 Å². The third-order valence-electron chi connectivity index (χ3n) is 3.50. The van der Waals surface area contributed by atoms with Crippen molar-refractivity contribution in [2.45, 2.75) is 18.9 Å². The van der Waals surface area contributed by atoms with Gasteiger partial charge in [0.2, 0.25) is 15.9 Å². The van der Waals surface area contributed by atoms with Crippen LogP contribution in [0, 0.1) is 0 Å². The zero-order valence-electron chi connectivity index (χ0n) is 12.9. The summed E-state index contributed by atoms with van der Waals surface area (Å²) in [5.41, 5.74) is 0.0980. The molecule has 1 aliphatic rings. The highest BCUT2D eigenvalue weighted by molar-refractivity contribution is 7.92. The summed E-state index contributed by atoms with van der Waals surface area (Å²) in [6.07, 6.45) is 2.78. The Kier molecular flexibility index (Phi) is 6.61. The molecule has 134 valence electrons. The molecule has 1 fully saturated rings. The fourth-order valence-electron chi connectivity index (χ4n) is 2.30. The quantitative estimate of drug-likeness (QED) is 0.725. The Morgan fingerprint density at radius 2 is 1.96 bits per heavy atom. The van der Waals surface area contributed by atoms with Crippen molar-refractivity contribution in [1.82, 2.24) is 5.32 Å². The summed E-state index contributed by atoms with van der Waals surface area (Å²) >= 11 is 17.9. The molecule has 1 saturated heterocycles. The van der Waals surface area contributed by atoms with Crippen LogP contribution < -0.4 is 9.62 Å². The van der Waals surface area contributed by atoms with Gasteiger partial charge in [-0.15, -0.1) is 0 Å². The van der Waals surface area contributed by atoms with E-state index in [4.69, 9.17) is 39.5 Å². The number of sulfonamides is 1. The van der Waals surface area contributed by atoms with Crippen LogP contribution in [0.2, 0.25) is 15.1 Å². The van der Waals surface area contributed by atoms with Gasteiger partial charge in [-0.05, 0) is 25.0 Å². The summed E-state index contributed by atoms with van der Waals surface area (Å²) in [5, 5.41) is 3.09. The van der Waals surface area contributed by atoms with Gasteiger partial charge in [0.1, 0.15) is 6.54 Å². The van der Waals surface area contributed by atoms with Crippen LogP contribution in [-0.4, -0.2) is 46.4 Å². The Morgan fingerprint density at radius 1 is 1.29 bits per heavy atom. The number of halogens is 3. The molecular formula is C14H17Cl3N2O4S. The topological polar surface area (TPSA) is 75.7 Å². The van der Waals surface area contributed by atoms with Gasteiger partial charge in [0.15, 0.2) is 0 Å². The summed E-state index contributed by atoms with van der Waals surface area (Å²) in [7, 11) is -3.75. The largest absolute Gasteiger partial charge is 0.376 e. The molecular weight excluding hydrogens is 399 g/mol. The number of carbonyl (C=O) groups excluding carboxylic acids is 1. The van der Waals surface area contributed by atoms with E-state index in [-0.39, 0.29) is 26.9 Å². The van der Waals surface area contributed by atoms with E-state index in [2.05, 4.69) is 5.32 Å². The minimum atomic E-state index is -3.75. The second kappa shape index (κ2) is 8.10. The molecule has 1 aliphatic heterocycles. The molecule has 0 spiro atoms. The molecule has 6 nitrogen and oxygen atoms in total. The van der Waals surface area contributed by atoms with Crippen LogP contribution >= 0.6 is 34.8 Å². The lowest BCUT2D eigenvalue weighted by molar-refractivity contribution is -0.120. The lowest BCUT2D eigenvalue weighted by atomic mass is 10.2. The predicted octanol–water partition coefficient (Wildman–Crippen LogP) is 2.71. The zero-order chi connectivity index (χ0) is 17.9. The highest BCUT2D eigenvalue weighted by Gasteiger charge is 2.25. The normalized spacial score (nSPS) is 17.8. The summed E-state index contributed by atoms with van der Waals surface area (Å²) in [5.74, 6) is -0.460. The molecule has 0 unspecified atom stereocenters. The number of ether oxygens (including phenoxy) is 1. The Morgan fingerprint density at radius 3 is 2.54 bits per heavy atom. The van der Waals surface area contributed by atoms with E-state index < -0.39 is 22.5 Å². The number of benzene rings is 1. The molecule has 0 radical (unpaired) electrons. The molecule has 24 heavy (non-hydrogen) atoms. The maximum absolute atomic E-state index is 12.1. The number of hydrogen-bond acceptors (Lipinski definition) is 4. The van der Waals surface area contributed by atoms with E-state index in [1.165, 1.54) is 12.1 Å². The summed E-state index contributed by atoms with van der Waals surface area (Å²) in [6.45, 7) is 0.601. The van der Waals surface area contributed by atoms with E-state index in [0.29, 0.717) is 13.2 Å². The third kappa shape index (κ3) is 5.13. The van der Waals surface area contributed by atoms with Crippen molar-refractivity contribution in [2.24, 2.45) is 0 Å². The van der Waals surface area contributed by atoms with E-state index in [1.54, 1.807) is 0 Å². The van der Waals surface area contributed by atoms with Crippen LogP contribution in [0.25, 0.3) is 0 Å². The third-order valence-corrected chi connectivity index (χ3v) is 5.65. The van der Waals surface area contributed by atoms with Crippen molar-refractivity contribution in [3.63, 3.8) is 0 Å². The molecule has 10 heteroatoms. The summed E-state index contributed by atoms with van der Waals surface area (Å²) in [4.78, 5) is 12.1.